The largest absolute Gasteiger partial charge is 0.352 e. The van der Waals surface area contributed by atoms with Crippen LogP contribution in [-0.2, 0) is 9.59 Å². The Bertz CT molecular complexity index is 826. The van der Waals surface area contributed by atoms with E-state index in [4.69, 9.17) is 0 Å². The van der Waals surface area contributed by atoms with E-state index in [9.17, 15) is 14.4 Å². The summed E-state index contributed by atoms with van der Waals surface area (Å²) in [6.07, 6.45) is 1.47. The van der Waals surface area contributed by atoms with E-state index < -0.39 is 0 Å². The van der Waals surface area contributed by atoms with Gasteiger partial charge >= 0.3 is 0 Å². The molecular weight excluding hydrogens is 354 g/mol. The topological polar surface area (TPSA) is 78.5 Å². The Balaban J connectivity index is 1.45. The fourth-order valence-corrected chi connectivity index (χ4v) is 3.32. The van der Waals surface area contributed by atoms with Crippen LogP contribution < -0.4 is 10.6 Å². The molecular formula is C22H25N3O3. The zero-order valence-electron chi connectivity index (χ0n) is 16.0. The van der Waals surface area contributed by atoms with Gasteiger partial charge in [-0.1, -0.05) is 42.5 Å². The summed E-state index contributed by atoms with van der Waals surface area (Å²) in [6.45, 7) is 2.80. The molecule has 0 saturated carbocycles. The van der Waals surface area contributed by atoms with Crippen molar-refractivity contribution in [1.82, 2.24) is 15.5 Å². The monoisotopic (exact) mass is 379 g/mol. The molecule has 0 bridgehead atoms. The predicted octanol–water partition coefficient (Wildman–Crippen LogP) is 2.21. The summed E-state index contributed by atoms with van der Waals surface area (Å²) in [5.41, 5.74) is 2.64. The standard InChI is InChI=1S/C22H25N3O3/c1-16(26)25-13-11-20(12-14-25)24-21(27)15-23-22(28)19-9-7-18(8-10-19)17-5-3-2-4-6-17/h2-10,20H,11-15H2,1H3,(H,23,28)(H,24,27). The minimum atomic E-state index is -0.277. The molecule has 2 aromatic rings. The number of hydrogen-bond acceptors (Lipinski definition) is 3. The van der Waals surface area contributed by atoms with Crippen molar-refractivity contribution in [1.29, 1.82) is 0 Å². The van der Waals surface area contributed by atoms with E-state index in [1.165, 1.54) is 0 Å². The van der Waals surface area contributed by atoms with E-state index in [1.807, 2.05) is 42.5 Å². The van der Waals surface area contributed by atoms with Gasteiger partial charge in [0.15, 0.2) is 0 Å². The molecule has 2 aromatic carbocycles. The highest BCUT2D eigenvalue weighted by atomic mass is 16.2. The molecule has 0 atom stereocenters. The lowest BCUT2D eigenvalue weighted by Crippen LogP contribution is -2.48. The lowest BCUT2D eigenvalue weighted by atomic mass is 10.0. The Morgan fingerprint density at radius 3 is 2.14 bits per heavy atom. The van der Waals surface area contributed by atoms with Crippen LogP contribution in [-0.4, -0.2) is 48.3 Å². The van der Waals surface area contributed by atoms with Crippen LogP contribution in [0.3, 0.4) is 0 Å². The highest BCUT2D eigenvalue weighted by Crippen LogP contribution is 2.19. The molecule has 0 aromatic heterocycles. The zero-order valence-corrected chi connectivity index (χ0v) is 16.0. The van der Waals surface area contributed by atoms with Gasteiger partial charge in [0.05, 0.1) is 6.54 Å². The normalized spacial score (nSPS) is 14.4. The number of benzene rings is 2. The van der Waals surface area contributed by atoms with Gasteiger partial charge in [-0.2, -0.15) is 0 Å². The second kappa shape index (κ2) is 9.17. The molecule has 28 heavy (non-hydrogen) atoms. The second-order valence-corrected chi connectivity index (χ2v) is 6.97. The van der Waals surface area contributed by atoms with Crippen molar-refractivity contribution in [3.63, 3.8) is 0 Å². The molecule has 1 aliphatic rings. The Hall–Kier alpha value is -3.15. The van der Waals surface area contributed by atoms with Gasteiger partial charge in [0.25, 0.3) is 5.91 Å². The average molecular weight is 379 g/mol. The molecule has 6 nitrogen and oxygen atoms in total. The molecule has 3 rings (SSSR count). The molecule has 2 N–H and O–H groups in total. The lowest BCUT2D eigenvalue weighted by molar-refractivity contribution is -0.130. The van der Waals surface area contributed by atoms with Gasteiger partial charge in [-0.15, -0.1) is 0 Å². The van der Waals surface area contributed by atoms with Gasteiger partial charge in [0, 0.05) is 31.6 Å². The van der Waals surface area contributed by atoms with E-state index >= 15 is 0 Å². The minimum absolute atomic E-state index is 0.0464. The molecule has 0 radical (unpaired) electrons. The third kappa shape index (κ3) is 5.19. The van der Waals surface area contributed by atoms with Crippen molar-refractivity contribution in [3.8, 4) is 11.1 Å². The SMILES string of the molecule is CC(=O)N1CCC(NC(=O)CNC(=O)c2ccc(-c3ccccc3)cc2)CC1. The molecule has 1 fully saturated rings. The Kier molecular flexibility index (Phi) is 6.42. The highest BCUT2D eigenvalue weighted by Gasteiger charge is 2.22. The van der Waals surface area contributed by atoms with Gasteiger partial charge in [-0.3, -0.25) is 14.4 Å². The molecule has 1 aliphatic heterocycles. The first-order valence-electron chi connectivity index (χ1n) is 9.51. The summed E-state index contributed by atoms with van der Waals surface area (Å²) in [6, 6.07) is 17.3. The minimum Gasteiger partial charge on any atom is -0.352 e. The summed E-state index contributed by atoms with van der Waals surface area (Å²) in [5.74, 6) is -0.424. The van der Waals surface area contributed by atoms with Crippen molar-refractivity contribution in [2.45, 2.75) is 25.8 Å². The van der Waals surface area contributed by atoms with Crippen LogP contribution in [0, 0.1) is 0 Å². The first-order chi connectivity index (χ1) is 13.5. The van der Waals surface area contributed by atoms with Crippen LogP contribution in [0.5, 0.6) is 0 Å². The number of hydrogen-bond donors (Lipinski definition) is 2. The maximum atomic E-state index is 12.3. The van der Waals surface area contributed by atoms with E-state index in [2.05, 4.69) is 10.6 Å². The number of piperidine rings is 1. The number of nitrogens with zero attached hydrogens (tertiary/aromatic N) is 1. The first-order valence-corrected chi connectivity index (χ1v) is 9.51. The van der Waals surface area contributed by atoms with Crippen LogP contribution in [0.4, 0.5) is 0 Å². The van der Waals surface area contributed by atoms with E-state index in [1.54, 1.807) is 24.0 Å². The fourth-order valence-electron chi connectivity index (χ4n) is 3.32. The predicted molar refractivity (Wildman–Crippen MR) is 108 cm³/mol. The molecule has 146 valence electrons. The van der Waals surface area contributed by atoms with Crippen LogP contribution in [0.2, 0.25) is 0 Å². The first kappa shape index (κ1) is 19.6. The van der Waals surface area contributed by atoms with E-state index in [0.717, 1.165) is 24.0 Å². The molecule has 1 heterocycles. The van der Waals surface area contributed by atoms with Crippen LogP contribution in [0.1, 0.15) is 30.1 Å². The molecule has 0 aliphatic carbocycles. The smallest absolute Gasteiger partial charge is 0.251 e. The quantitative estimate of drug-likeness (QED) is 0.836. The summed E-state index contributed by atoms with van der Waals surface area (Å²) >= 11 is 0. The summed E-state index contributed by atoms with van der Waals surface area (Å²) in [5, 5.41) is 5.58. The number of likely N-dealkylation sites (tertiary alicyclic amines) is 1. The number of carbonyl (C=O) groups is 3. The zero-order chi connectivity index (χ0) is 19.9. The Morgan fingerprint density at radius 1 is 0.929 bits per heavy atom. The van der Waals surface area contributed by atoms with Crippen LogP contribution in [0.15, 0.2) is 54.6 Å². The molecule has 6 heteroatoms. The fraction of sp³-hybridized carbons (Fsp3) is 0.318. The van der Waals surface area contributed by atoms with Gasteiger partial charge in [-0.25, -0.2) is 0 Å². The third-order valence-electron chi connectivity index (χ3n) is 4.97. The Labute approximate surface area is 164 Å². The maximum Gasteiger partial charge on any atom is 0.251 e. The second-order valence-electron chi connectivity index (χ2n) is 6.97. The maximum absolute atomic E-state index is 12.3. The third-order valence-corrected chi connectivity index (χ3v) is 4.97. The molecule has 0 spiro atoms. The highest BCUT2D eigenvalue weighted by molar-refractivity contribution is 5.96. The molecule has 0 unspecified atom stereocenters. The molecule has 1 saturated heterocycles. The van der Waals surface area contributed by atoms with E-state index in [0.29, 0.717) is 18.7 Å². The van der Waals surface area contributed by atoms with Gasteiger partial charge in [0.1, 0.15) is 0 Å². The van der Waals surface area contributed by atoms with E-state index in [-0.39, 0.29) is 30.3 Å². The summed E-state index contributed by atoms with van der Waals surface area (Å²) < 4.78 is 0. The van der Waals surface area contributed by atoms with Crippen molar-refractivity contribution >= 4 is 17.7 Å². The average Bonchev–Trinajstić information content (AvgIpc) is 2.73. The van der Waals surface area contributed by atoms with Crippen LogP contribution in [0.25, 0.3) is 11.1 Å². The summed E-state index contributed by atoms with van der Waals surface area (Å²) in [4.78, 5) is 37.5. The van der Waals surface area contributed by atoms with Gasteiger partial charge in [0.2, 0.25) is 11.8 Å². The van der Waals surface area contributed by atoms with Crippen molar-refractivity contribution in [2.24, 2.45) is 0 Å². The summed E-state index contributed by atoms with van der Waals surface area (Å²) in [7, 11) is 0. The van der Waals surface area contributed by atoms with Gasteiger partial charge in [-0.05, 0) is 36.1 Å². The van der Waals surface area contributed by atoms with Crippen LogP contribution >= 0.6 is 0 Å². The van der Waals surface area contributed by atoms with Crippen molar-refractivity contribution in [3.05, 3.63) is 60.2 Å². The molecule has 3 amide bonds. The van der Waals surface area contributed by atoms with Crippen molar-refractivity contribution in [2.75, 3.05) is 19.6 Å². The Morgan fingerprint density at radius 2 is 1.54 bits per heavy atom. The van der Waals surface area contributed by atoms with Gasteiger partial charge < -0.3 is 15.5 Å². The number of rotatable bonds is 5. The lowest BCUT2D eigenvalue weighted by Gasteiger charge is -2.31. The number of carbonyl (C=O) groups excluding carboxylic acids is 3. The number of amides is 3. The number of nitrogens with one attached hydrogen (secondary N) is 2. The van der Waals surface area contributed by atoms with Crippen molar-refractivity contribution < 1.29 is 14.4 Å².